The van der Waals surface area contributed by atoms with Crippen molar-refractivity contribution in [2.45, 2.75) is 19.4 Å². The van der Waals surface area contributed by atoms with Crippen molar-refractivity contribution in [3.63, 3.8) is 0 Å². The van der Waals surface area contributed by atoms with Crippen LogP contribution in [0.4, 0.5) is 5.69 Å². The molecule has 0 unspecified atom stereocenters. The van der Waals surface area contributed by atoms with Crippen LogP contribution in [0.15, 0.2) is 24.3 Å². The summed E-state index contributed by atoms with van der Waals surface area (Å²) in [6.45, 7) is 2.84. The van der Waals surface area contributed by atoms with Gasteiger partial charge in [-0.3, -0.25) is 4.79 Å². The number of carbonyl (C=O) groups is 2. The summed E-state index contributed by atoms with van der Waals surface area (Å²) in [5.41, 5.74) is 5.11. The minimum atomic E-state index is -1.29. The maximum Gasteiger partial charge on any atom is 0.328 e. The Bertz CT molecular complexity index is 410. The molecular weight excluding hydrogens is 208 g/mol. The van der Waals surface area contributed by atoms with E-state index in [4.69, 9.17) is 10.8 Å². The maximum atomic E-state index is 11.7. The topological polar surface area (TPSA) is 92.4 Å². The number of nitrogen functional groups attached to an aromatic ring is 1. The van der Waals surface area contributed by atoms with Crippen molar-refractivity contribution in [2.75, 3.05) is 5.73 Å². The van der Waals surface area contributed by atoms with Crippen LogP contribution >= 0.6 is 0 Å². The lowest BCUT2D eigenvalue weighted by molar-refractivity contribution is -0.143. The van der Waals surface area contributed by atoms with Gasteiger partial charge in [0.25, 0.3) is 5.91 Å². The van der Waals surface area contributed by atoms with Crippen LogP contribution in [-0.4, -0.2) is 22.5 Å². The maximum absolute atomic E-state index is 11.7. The largest absolute Gasteiger partial charge is 0.480 e. The Morgan fingerprint density at radius 3 is 2.19 bits per heavy atom. The van der Waals surface area contributed by atoms with Gasteiger partial charge in [0.05, 0.1) is 0 Å². The molecule has 86 valence electrons. The van der Waals surface area contributed by atoms with E-state index in [9.17, 15) is 9.59 Å². The van der Waals surface area contributed by atoms with Crippen molar-refractivity contribution in [3.8, 4) is 0 Å². The van der Waals surface area contributed by atoms with E-state index in [1.165, 1.54) is 13.8 Å². The summed E-state index contributed by atoms with van der Waals surface area (Å²) in [6.07, 6.45) is 0. The first-order chi connectivity index (χ1) is 7.33. The standard InChI is InChI=1S/C11H14N2O3/c1-11(2,10(15)16)13-9(14)7-3-5-8(12)6-4-7/h3-6H,12H2,1-2H3,(H,13,14)(H,15,16). The molecule has 1 aromatic rings. The summed E-state index contributed by atoms with van der Waals surface area (Å²) in [5, 5.41) is 11.3. The van der Waals surface area contributed by atoms with E-state index in [-0.39, 0.29) is 0 Å². The van der Waals surface area contributed by atoms with Crippen molar-refractivity contribution in [2.24, 2.45) is 0 Å². The number of benzene rings is 1. The zero-order valence-corrected chi connectivity index (χ0v) is 9.15. The molecule has 4 N–H and O–H groups in total. The van der Waals surface area contributed by atoms with E-state index in [1.807, 2.05) is 0 Å². The third-order valence-corrected chi connectivity index (χ3v) is 2.13. The number of amides is 1. The third kappa shape index (κ3) is 2.73. The fourth-order valence-corrected chi connectivity index (χ4v) is 1.04. The van der Waals surface area contributed by atoms with Crippen molar-refractivity contribution < 1.29 is 14.7 Å². The monoisotopic (exact) mass is 222 g/mol. The van der Waals surface area contributed by atoms with Crippen LogP contribution in [0, 0.1) is 0 Å². The van der Waals surface area contributed by atoms with Gasteiger partial charge in [-0.25, -0.2) is 4.79 Å². The SMILES string of the molecule is CC(C)(NC(=O)c1ccc(N)cc1)C(=O)O. The second-order valence-electron chi connectivity index (χ2n) is 4.01. The predicted octanol–water partition coefficient (Wildman–Crippen LogP) is 0.862. The number of nitrogens with two attached hydrogens (primary N) is 1. The van der Waals surface area contributed by atoms with Crippen molar-refractivity contribution >= 4 is 17.6 Å². The van der Waals surface area contributed by atoms with E-state index < -0.39 is 17.4 Å². The molecule has 0 aliphatic heterocycles. The summed E-state index contributed by atoms with van der Waals surface area (Å²) in [5.74, 6) is -1.52. The molecule has 5 nitrogen and oxygen atoms in total. The number of hydrogen-bond donors (Lipinski definition) is 3. The summed E-state index contributed by atoms with van der Waals surface area (Å²) >= 11 is 0. The lowest BCUT2D eigenvalue weighted by Crippen LogP contribution is -2.49. The summed E-state index contributed by atoms with van der Waals surface area (Å²) < 4.78 is 0. The number of carboxylic acid groups (broad SMARTS) is 1. The molecule has 5 heteroatoms. The van der Waals surface area contributed by atoms with Gasteiger partial charge in [0.15, 0.2) is 0 Å². The van der Waals surface area contributed by atoms with E-state index in [2.05, 4.69) is 5.32 Å². The minimum absolute atomic E-state index is 0.378. The molecule has 1 rings (SSSR count). The van der Waals surface area contributed by atoms with Crippen LogP contribution in [0.3, 0.4) is 0 Å². The fourth-order valence-electron chi connectivity index (χ4n) is 1.04. The van der Waals surface area contributed by atoms with Gasteiger partial charge in [-0.15, -0.1) is 0 Å². The van der Waals surface area contributed by atoms with Gasteiger partial charge in [0.2, 0.25) is 0 Å². The molecule has 0 heterocycles. The third-order valence-electron chi connectivity index (χ3n) is 2.13. The summed E-state index contributed by atoms with van der Waals surface area (Å²) in [7, 11) is 0. The molecule has 1 aromatic carbocycles. The molecule has 0 aliphatic rings. The number of rotatable bonds is 3. The lowest BCUT2D eigenvalue weighted by atomic mass is 10.1. The first kappa shape index (κ1) is 12.0. The summed E-state index contributed by atoms with van der Waals surface area (Å²) in [4.78, 5) is 22.5. The molecular formula is C11H14N2O3. The van der Waals surface area contributed by atoms with Gasteiger partial charge >= 0.3 is 5.97 Å². The molecule has 0 bridgehead atoms. The number of nitrogens with one attached hydrogen (secondary N) is 1. The van der Waals surface area contributed by atoms with Crippen molar-refractivity contribution in [1.82, 2.24) is 5.32 Å². The first-order valence-corrected chi connectivity index (χ1v) is 4.74. The highest BCUT2D eigenvalue weighted by Crippen LogP contribution is 2.08. The number of hydrogen-bond acceptors (Lipinski definition) is 3. The lowest BCUT2D eigenvalue weighted by Gasteiger charge is -2.20. The predicted molar refractivity (Wildman–Crippen MR) is 60.0 cm³/mol. The van der Waals surface area contributed by atoms with Gasteiger partial charge in [-0.2, -0.15) is 0 Å². The molecule has 1 amide bonds. The number of aliphatic carboxylic acids is 1. The smallest absolute Gasteiger partial charge is 0.328 e. The second kappa shape index (κ2) is 4.22. The Morgan fingerprint density at radius 1 is 1.25 bits per heavy atom. The molecule has 0 spiro atoms. The van der Waals surface area contributed by atoms with E-state index in [1.54, 1.807) is 24.3 Å². The van der Waals surface area contributed by atoms with E-state index >= 15 is 0 Å². The van der Waals surface area contributed by atoms with Gasteiger partial charge in [0.1, 0.15) is 5.54 Å². The number of carbonyl (C=O) groups excluding carboxylic acids is 1. The van der Waals surface area contributed by atoms with E-state index in [0.29, 0.717) is 11.3 Å². The molecule has 0 fully saturated rings. The highest BCUT2D eigenvalue weighted by molar-refractivity contribution is 5.97. The number of anilines is 1. The Hall–Kier alpha value is -2.04. The van der Waals surface area contributed by atoms with Gasteiger partial charge < -0.3 is 16.2 Å². The molecule has 0 atom stereocenters. The van der Waals surface area contributed by atoms with Crippen LogP contribution in [0.25, 0.3) is 0 Å². The molecule has 0 radical (unpaired) electrons. The Labute approximate surface area is 93.3 Å². The van der Waals surface area contributed by atoms with Crippen LogP contribution in [-0.2, 0) is 4.79 Å². The van der Waals surface area contributed by atoms with Crippen LogP contribution in [0.1, 0.15) is 24.2 Å². The quantitative estimate of drug-likeness (QED) is 0.661. The number of carboxylic acids is 1. The molecule has 0 aromatic heterocycles. The molecule has 0 saturated heterocycles. The highest BCUT2D eigenvalue weighted by Gasteiger charge is 2.29. The fraction of sp³-hybridized carbons (Fsp3) is 0.273. The Kier molecular flexibility index (Phi) is 3.17. The van der Waals surface area contributed by atoms with Crippen LogP contribution < -0.4 is 11.1 Å². The van der Waals surface area contributed by atoms with Crippen LogP contribution in [0.5, 0.6) is 0 Å². The average molecular weight is 222 g/mol. The second-order valence-corrected chi connectivity index (χ2v) is 4.01. The average Bonchev–Trinajstić information content (AvgIpc) is 2.17. The van der Waals surface area contributed by atoms with Crippen LogP contribution in [0.2, 0.25) is 0 Å². The van der Waals surface area contributed by atoms with E-state index in [0.717, 1.165) is 0 Å². The zero-order chi connectivity index (χ0) is 12.3. The Balaban J connectivity index is 2.81. The summed E-state index contributed by atoms with van der Waals surface area (Å²) in [6, 6.07) is 6.26. The normalized spacial score (nSPS) is 10.9. The van der Waals surface area contributed by atoms with Gasteiger partial charge in [0, 0.05) is 11.3 Å². The molecule has 16 heavy (non-hydrogen) atoms. The minimum Gasteiger partial charge on any atom is -0.480 e. The van der Waals surface area contributed by atoms with Gasteiger partial charge in [-0.05, 0) is 38.1 Å². The van der Waals surface area contributed by atoms with Crippen molar-refractivity contribution in [1.29, 1.82) is 0 Å². The van der Waals surface area contributed by atoms with Crippen molar-refractivity contribution in [3.05, 3.63) is 29.8 Å². The van der Waals surface area contributed by atoms with Gasteiger partial charge in [-0.1, -0.05) is 0 Å². The highest BCUT2D eigenvalue weighted by atomic mass is 16.4. The molecule has 0 aliphatic carbocycles. The zero-order valence-electron chi connectivity index (χ0n) is 9.15. The molecule has 0 saturated carbocycles. The first-order valence-electron chi connectivity index (χ1n) is 4.74. The Morgan fingerprint density at radius 2 is 1.75 bits per heavy atom.